The third-order valence-electron chi connectivity index (χ3n) is 3.08. The van der Waals surface area contributed by atoms with Crippen LogP contribution in [0.2, 0.25) is 0 Å². The predicted molar refractivity (Wildman–Crippen MR) is 79.1 cm³/mol. The molecule has 95 valence electrons. The summed E-state index contributed by atoms with van der Waals surface area (Å²) in [5.41, 5.74) is 3.14. The van der Waals surface area contributed by atoms with Gasteiger partial charge in [-0.3, -0.25) is 0 Å². The van der Waals surface area contributed by atoms with E-state index in [4.69, 9.17) is 0 Å². The van der Waals surface area contributed by atoms with Crippen LogP contribution in [0, 0.1) is 9.86 Å². The van der Waals surface area contributed by atoms with Gasteiger partial charge in [0.1, 0.15) is 0 Å². The summed E-state index contributed by atoms with van der Waals surface area (Å²) < 4.78 is 3.19. The minimum absolute atomic E-state index is 1.21. The maximum atomic E-state index is 3.40. The molecular weight excluding hydrogens is 311 g/mol. The van der Waals surface area contributed by atoms with Gasteiger partial charge in [0.05, 0.1) is 0 Å². The Morgan fingerprint density at radius 2 is 1.29 bits per heavy atom. The average molecular weight is 338 g/mol. The Morgan fingerprint density at radius 3 is 1.71 bits per heavy atom. The molecule has 0 spiro atoms. The molecule has 0 aromatic heterocycles. The van der Waals surface area contributed by atoms with E-state index in [1.807, 2.05) is 0 Å². The van der Waals surface area contributed by atoms with E-state index in [1.165, 1.54) is 85.9 Å². The van der Waals surface area contributed by atoms with Crippen LogP contribution in [0.15, 0.2) is 11.1 Å². The van der Waals surface area contributed by atoms with Crippen LogP contribution in [0.3, 0.4) is 0 Å². The van der Waals surface area contributed by atoms with Gasteiger partial charge in [0.2, 0.25) is 0 Å². The SMILES string of the molecule is CCCCC(C#[C][Sn])=C(CCCC)CCCC. The Bertz CT molecular complexity index is 255. The van der Waals surface area contributed by atoms with E-state index in [0.717, 1.165) is 0 Å². The second kappa shape index (κ2) is 12.6. The van der Waals surface area contributed by atoms with Crippen molar-refractivity contribution in [1.29, 1.82) is 0 Å². The summed E-state index contributed by atoms with van der Waals surface area (Å²) >= 11 is 1.34. The molecule has 0 fully saturated rings. The molecule has 0 saturated heterocycles. The van der Waals surface area contributed by atoms with Crippen LogP contribution in [0.25, 0.3) is 0 Å². The first-order valence-corrected chi connectivity index (χ1v) is 8.61. The molecule has 0 N–H and O–H groups in total. The zero-order valence-electron chi connectivity index (χ0n) is 11.9. The summed E-state index contributed by atoms with van der Waals surface area (Å²) in [6.07, 6.45) is 11.6. The van der Waals surface area contributed by atoms with Gasteiger partial charge in [0, 0.05) is 0 Å². The fraction of sp³-hybridized carbons (Fsp3) is 0.750. The Hall–Kier alpha value is 0.0987. The van der Waals surface area contributed by atoms with Crippen LogP contribution in [0.1, 0.15) is 78.6 Å². The number of allylic oxidation sites excluding steroid dienone is 2. The van der Waals surface area contributed by atoms with Crippen molar-refractivity contribution in [3.05, 3.63) is 11.1 Å². The van der Waals surface area contributed by atoms with Gasteiger partial charge >= 0.3 is 122 Å². The number of unbranched alkanes of at least 4 members (excludes halogenated alkanes) is 3. The normalized spacial score (nSPS) is 9.65. The van der Waals surface area contributed by atoms with E-state index >= 15 is 0 Å². The van der Waals surface area contributed by atoms with Crippen LogP contribution < -0.4 is 0 Å². The van der Waals surface area contributed by atoms with Gasteiger partial charge in [-0.1, -0.05) is 0 Å². The van der Waals surface area contributed by atoms with Crippen molar-refractivity contribution in [3.8, 4) is 9.86 Å². The van der Waals surface area contributed by atoms with Gasteiger partial charge in [-0.2, -0.15) is 0 Å². The second-order valence-electron chi connectivity index (χ2n) is 4.64. The second-order valence-corrected chi connectivity index (χ2v) is 5.36. The van der Waals surface area contributed by atoms with E-state index in [2.05, 4.69) is 30.6 Å². The molecule has 0 aliphatic heterocycles. The first-order chi connectivity index (χ1) is 8.29. The molecule has 3 radical (unpaired) electrons. The summed E-state index contributed by atoms with van der Waals surface area (Å²) in [5.74, 6) is 3.40. The standard InChI is InChI=1S/C16H27.Sn/c1-5-9-12-15(8-4)16(13-10-6-2)14-11-7-3;/h5-7,9-14H2,1-3H3;. The summed E-state index contributed by atoms with van der Waals surface area (Å²) in [4.78, 5) is 0. The Morgan fingerprint density at radius 1 is 0.824 bits per heavy atom. The van der Waals surface area contributed by atoms with E-state index in [1.54, 1.807) is 5.57 Å². The number of hydrogen-bond donors (Lipinski definition) is 0. The van der Waals surface area contributed by atoms with Crippen LogP contribution in [0.4, 0.5) is 0 Å². The molecular formula is C16H27Sn. The molecule has 0 unspecified atom stereocenters. The van der Waals surface area contributed by atoms with Gasteiger partial charge < -0.3 is 0 Å². The monoisotopic (exact) mass is 339 g/mol. The van der Waals surface area contributed by atoms with Gasteiger partial charge in [0.15, 0.2) is 0 Å². The van der Waals surface area contributed by atoms with Crippen LogP contribution in [-0.2, 0) is 0 Å². The minimum atomic E-state index is 1.21. The summed E-state index contributed by atoms with van der Waals surface area (Å²) in [7, 11) is 0. The first-order valence-electron chi connectivity index (χ1n) is 7.18. The zero-order valence-corrected chi connectivity index (χ0v) is 14.7. The number of rotatable bonds is 9. The third kappa shape index (κ3) is 8.77. The predicted octanol–water partition coefficient (Wildman–Crippen LogP) is 4.98. The van der Waals surface area contributed by atoms with Gasteiger partial charge in [-0.25, -0.2) is 0 Å². The van der Waals surface area contributed by atoms with E-state index < -0.39 is 0 Å². The van der Waals surface area contributed by atoms with Crippen molar-refractivity contribution < 1.29 is 0 Å². The van der Waals surface area contributed by atoms with Crippen molar-refractivity contribution in [2.75, 3.05) is 0 Å². The molecule has 1 heteroatoms. The summed E-state index contributed by atoms with van der Waals surface area (Å²) in [5, 5.41) is 0. The summed E-state index contributed by atoms with van der Waals surface area (Å²) in [6.45, 7) is 6.82. The first kappa shape index (κ1) is 17.1. The maximum absolute atomic E-state index is 3.40. The van der Waals surface area contributed by atoms with Gasteiger partial charge in [-0.05, 0) is 0 Å². The van der Waals surface area contributed by atoms with Gasteiger partial charge in [0.25, 0.3) is 0 Å². The zero-order chi connectivity index (χ0) is 12.9. The molecule has 0 rings (SSSR count). The van der Waals surface area contributed by atoms with Crippen molar-refractivity contribution in [2.45, 2.75) is 78.6 Å². The van der Waals surface area contributed by atoms with E-state index in [-0.39, 0.29) is 0 Å². The van der Waals surface area contributed by atoms with E-state index in [9.17, 15) is 0 Å². The van der Waals surface area contributed by atoms with Crippen LogP contribution >= 0.6 is 0 Å². The molecule has 0 bridgehead atoms. The summed E-state index contributed by atoms with van der Waals surface area (Å²) in [6, 6.07) is 0. The Balaban J connectivity index is 4.70. The van der Waals surface area contributed by atoms with Crippen LogP contribution in [0.5, 0.6) is 0 Å². The fourth-order valence-corrected chi connectivity index (χ4v) is 2.39. The molecule has 0 saturated carbocycles. The van der Waals surface area contributed by atoms with Crippen molar-refractivity contribution >= 4 is 22.5 Å². The Labute approximate surface area is 122 Å². The van der Waals surface area contributed by atoms with Crippen molar-refractivity contribution in [1.82, 2.24) is 0 Å². The Kier molecular flexibility index (Phi) is 12.6. The quantitative estimate of drug-likeness (QED) is 0.411. The molecule has 0 aromatic rings. The van der Waals surface area contributed by atoms with Gasteiger partial charge in [-0.15, -0.1) is 0 Å². The molecule has 0 aromatic carbocycles. The molecule has 0 nitrogen and oxygen atoms in total. The average Bonchev–Trinajstić information content (AvgIpc) is 2.35. The molecule has 17 heavy (non-hydrogen) atoms. The van der Waals surface area contributed by atoms with Crippen molar-refractivity contribution in [2.24, 2.45) is 0 Å². The third-order valence-corrected chi connectivity index (χ3v) is 3.44. The molecule has 0 atom stereocenters. The molecule has 0 heterocycles. The van der Waals surface area contributed by atoms with Crippen molar-refractivity contribution in [3.63, 3.8) is 0 Å². The van der Waals surface area contributed by atoms with E-state index in [0.29, 0.717) is 0 Å². The molecule has 0 aliphatic rings. The fourth-order valence-electron chi connectivity index (χ4n) is 1.96. The molecule has 0 aliphatic carbocycles. The van der Waals surface area contributed by atoms with Crippen LogP contribution in [-0.4, -0.2) is 22.5 Å². The molecule has 0 amide bonds. The topological polar surface area (TPSA) is 0 Å². The number of hydrogen-bond acceptors (Lipinski definition) is 0.